The number of hydrogen-bond donors (Lipinski definition) is 2. The van der Waals surface area contributed by atoms with Crippen molar-refractivity contribution in [1.82, 2.24) is 19.7 Å². The zero-order chi connectivity index (χ0) is 21.3. The van der Waals surface area contributed by atoms with Crippen LogP contribution in [0.4, 0.5) is 23.7 Å². The number of anilines is 1. The maximum atomic E-state index is 12.7. The van der Waals surface area contributed by atoms with Gasteiger partial charge in [0.2, 0.25) is 0 Å². The standard InChI is InChI=1S/C19H18F3N5O2S/c20-19(21,22)12-3-5-13(6-4-12)24-17(28)23-9-10-26-18(29)27(14-7-8-14)16(25-26)15-2-1-11-30-15/h1-6,11,14H,7-10H2,(H2,23,24,28). The van der Waals surface area contributed by atoms with E-state index in [4.69, 9.17) is 0 Å². The van der Waals surface area contributed by atoms with Gasteiger partial charge in [-0.25, -0.2) is 14.3 Å². The van der Waals surface area contributed by atoms with Crippen molar-refractivity contribution in [2.45, 2.75) is 31.6 Å². The highest BCUT2D eigenvalue weighted by atomic mass is 32.1. The number of urea groups is 1. The number of benzene rings is 1. The Labute approximate surface area is 173 Å². The van der Waals surface area contributed by atoms with Crippen LogP contribution in [0, 0.1) is 0 Å². The Morgan fingerprint density at radius 3 is 2.53 bits per heavy atom. The van der Waals surface area contributed by atoms with E-state index in [9.17, 15) is 22.8 Å². The SMILES string of the molecule is O=C(NCCn1nc(-c2cccs2)n(C2CC2)c1=O)Nc1ccc(C(F)(F)F)cc1. The first-order valence-corrected chi connectivity index (χ1v) is 10.2. The summed E-state index contributed by atoms with van der Waals surface area (Å²) in [6.45, 7) is 0.315. The molecule has 0 spiro atoms. The molecule has 4 rings (SSSR count). The fourth-order valence-electron chi connectivity index (χ4n) is 2.99. The lowest BCUT2D eigenvalue weighted by Gasteiger charge is -2.09. The summed E-state index contributed by atoms with van der Waals surface area (Å²) >= 11 is 1.50. The summed E-state index contributed by atoms with van der Waals surface area (Å²) in [5.74, 6) is 0.631. The summed E-state index contributed by atoms with van der Waals surface area (Å²) in [5.41, 5.74) is -0.776. The highest BCUT2D eigenvalue weighted by Gasteiger charge is 2.31. The number of halogens is 3. The second-order valence-electron chi connectivity index (χ2n) is 6.86. The number of carbonyl (C=O) groups is 1. The molecule has 1 aliphatic rings. The zero-order valence-electron chi connectivity index (χ0n) is 15.6. The molecule has 0 unspecified atom stereocenters. The molecule has 2 aromatic heterocycles. The van der Waals surface area contributed by atoms with Crippen molar-refractivity contribution in [2.75, 3.05) is 11.9 Å². The Bertz CT molecular complexity index is 1080. The van der Waals surface area contributed by atoms with E-state index in [1.165, 1.54) is 28.2 Å². The number of nitrogens with one attached hydrogen (secondary N) is 2. The average molecular weight is 437 g/mol. The van der Waals surface area contributed by atoms with Gasteiger partial charge >= 0.3 is 17.9 Å². The topological polar surface area (TPSA) is 81.0 Å². The van der Waals surface area contributed by atoms with Crippen molar-refractivity contribution in [3.05, 3.63) is 57.8 Å². The summed E-state index contributed by atoms with van der Waals surface area (Å²) in [5, 5.41) is 11.4. The van der Waals surface area contributed by atoms with Crippen LogP contribution in [0.25, 0.3) is 10.7 Å². The zero-order valence-corrected chi connectivity index (χ0v) is 16.5. The molecule has 1 fully saturated rings. The molecule has 2 N–H and O–H groups in total. The van der Waals surface area contributed by atoms with Gasteiger partial charge in [-0.05, 0) is 48.6 Å². The lowest BCUT2D eigenvalue weighted by molar-refractivity contribution is -0.137. The highest BCUT2D eigenvalue weighted by Crippen LogP contribution is 2.37. The second kappa shape index (κ2) is 7.98. The van der Waals surface area contributed by atoms with E-state index >= 15 is 0 Å². The predicted octanol–water partition coefficient (Wildman–Crippen LogP) is 3.95. The highest BCUT2D eigenvalue weighted by molar-refractivity contribution is 7.13. The van der Waals surface area contributed by atoms with Crippen LogP contribution < -0.4 is 16.3 Å². The second-order valence-corrected chi connectivity index (χ2v) is 7.81. The summed E-state index contributed by atoms with van der Waals surface area (Å²) in [6.07, 6.45) is -2.55. The smallest absolute Gasteiger partial charge is 0.336 e. The third kappa shape index (κ3) is 4.40. The van der Waals surface area contributed by atoms with Crippen molar-refractivity contribution >= 4 is 23.1 Å². The maximum absolute atomic E-state index is 12.7. The lowest BCUT2D eigenvalue weighted by Crippen LogP contribution is -2.34. The van der Waals surface area contributed by atoms with Crippen molar-refractivity contribution < 1.29 is 18.0 Å². The fraction of sp³-hybridized carbons (Fsp3) is 0.316. The molecular weight excluding hydrogens is 419 g/mol. The van der Waals surface area contributed by atoms with Crippen molar-refractivity contribution in [1.29, 1.82) is 0 Å². The normalized spacial score (nSPS) is 14.0. The van der Waals surface area contributed by atoms with E-state index in [2.05, 4.69) is 15.7 Å². The number of nitrogens with zero attached hydrogens (tertiary/aromatic N) is 3. The molecule has 2 amide bonds. The van der Waals surface area contributed by atoms with Crippen LogP contribution in [0.2, 0.25) is 0 Å². The molecule has 30 heavy (non-hydrogen) atoms. The van der Waals surface area contributed by atoms with E-state index in [0.717, 1.165) is 29.9 Å². The van der Waals surface area contributed by atoms with Gasteiger partial charge in [0.1, 0.15) is 0 Å². The number of rotatable bonds is 6. The van der Waals surface area contributed by atoms with E-state index in [1.807, 2.05) is 17.5 Å². The van der Waals surface area contributed by atoms with Crippen molar-refractivity contribution in [2.24, 2.45) is 0 Å². The number of alkyl halides is 3. The summed E-state index contributed by atoms with van der Waals surface area (Å²) < 4.78 is 40.8. The molecule has 1 aromatic carbocycles. The number of thiophene rings is 1. The van der Waals surface area contributed by atoms with E-state index in [1.54, 1.807) is 4.57 Å². The fourth-order valence-corrected chi connectivity index (χ4v) is 3.70. The van der Waals surface area contributed by atoms with Crippen LogP contribution >= 0.6 is 11.3 Å². The number of hydrogen-bond acceptors (Lipinski definition) is 4. The number of amides is 2. The molecular formula is C19H18F3N5O2S. The van der Waals surface area contributed by atoms with Gasteiger partial charge in [0.15, 0.2) is 5.82 Å². The molecule has 0 bridgehead atoms. The van der Waals surface area contributed by atoms with Crippen LogP contribution in [-0.2, 0) is 12.7 Å². The third-order valence-electron chi connectivity index (χ3n) is 4.60. The molecule has 0 aliphatic heterocycles. The average Bonchev–Trinajstić information content (AvgIpc) is 3.26. The minimum Gasteiger partial charge on any atom is -0.336 e. The van der Waals surface area contributed by atoms with Crippen LogP contribution in [-0.4, -0.2) is 26.9 Å². The first-order chi connectivity index (χ1) is 14.3. The van der Waals surface area contributed by atoms with Gasteiger partial charge in [-0.1, -0.05) is 6.07 Å². The Kier molecular flexibility index (Phi) is 5.37. The Balaban J connectivity index is 1.36. The minimum atomic E-state index is -4.43. The third-order valence-corrected chi connectivity index (χ3v) is 5.47. The number of aromatic nitrogens is 3. The van der Waals surface area contributed by atoms with Gasteiger partial charge in [-0.2, -0.15) is 13.2 Å². The molecule has 0 atom stereocenters. The van der Waals surface area contributed by atoms with Crippen molar-refractivity contribution in [3.8, 4) is 10.7 Å². The molecule has 0 saturated heterocycles. The van der Waals surface area contributed by atoms with Gasteiger partial charge in [0.05, 0.1) is 17.0 Å². The maximum Gasteiger partial charge on any atom is 0.416 e. The van der Waals surface area contributed by atoms with Gasteiger partial charge < -0.3 is 10.6 Å². The summed E-state index contributed by atoms with van der Waals surface area (Å²) in [4.78, 5) is 25.6. The molecule has 2 heterocycles. The van der Waals surface area contributed by atoms with E-state index in [-0.39, 0.29) is 30.5 Å². The molecule has 158 valence electrons. The van der Waals surface area contributed by atoms with Crippen LogP contribution in [0.3, 0.4) is 0 Å². The summed E-state index contributed by atoms with van der Waals surface area (Å²) in [6, 6.07) is 7.54. The molecule has 11 heteroatoms. The van der Waals surface area contributed by atoms with E-state index < -0.39 is 17.8 Å². The molecule has 1 saturated carbocycles. The Morgan fingerprint density at radius 1 is 1.20 bits per heavy atom. The van der Waals surface area contributed by atoms with E-state index in [0.29, 0.717) is 5.82 Å². The monoisotopic (exact) mass is 437 g/mol. The quantitative estimate of drug-likeness (QED) is 0.613. The first kappa shape index (κ1) is 20.2. The van der Waals surface area contributed by atoms with Gasteiger partial charge in [0, 0.05) is 18.3 Å². The van der Waals surface area contributed by atoms with Crippen LogP contribution in [0.15, 0.2) is 46.6 Å². The molecule has 0 radical (unpaired) electrons. The first-order valence-electron chi connectivity index (χ1n) is 9.28. The predicted molar refractivity (Wildman–Crippen MR) is 107 cm³/mol. The number of carbonyl (C=O) groups excluding carboxylic acids is 1. The van der Waals surface area contributed by atoms with Crippen LogP contribution in [0.1, 0.15) is 24.4 Å². The Hall–Kier alpha value is -3.08. The van der Waals surface area contributed by atoms with Crippen LogP contribution in [0.5, 0.6) is 0 Å². The minimum absolute atomic E-state index is 0.137. The van der Waals surface area contributed by atoms with Crippen molar-refractivity contribution in [3.63, 3.8) is 0 Å². The molecule has 3 aromatic rings. The van der Waals surface area contributed by atoms with Gasteiger partial charge in [-0.3, -0.25) is 4.57 Å². The van der Waals surface area contributed by atoms with Gasteiger partial charge in [0.25, 0.3) is 0 Å². The lowest BCUT2D eigenvalue weighted by atomic mass is 10.2. The summed E-state index contributed by atoms with van der Waals surface area (Å²) in [7, 11) is 0. The largest absolute Gasteiger partial charge is 0.416 e. The molecule has 1 aliphatic carbocycles. The Morgan fingerprint density at radius 2 is 1.93 bits per heavy atom. The van der Waals surface area contributed by atoms with Gasteiger partial charge in [-0.15, -0.1) is 16.4 Å². The molecule has 7 nitrogen and oxygen atoms in total.